The van der Waals surface area contributed by atoms with Crippen molar-refractivity contribution in [3.05, 3.63) is 64.7 Å². The molecule has 29 heavy (non-hydrogen) atoms. The van der Waals surface area contributed by atoms with Gasteiger partial charge in [0.25, 0.3) is 17.7 Å². The van der Waals surface area contributed by atoms with Crippen LogP contribution >= 0.6 is 0 Å². The predicted octanol–water partition coefficient (Wildman–Crippen LogP) is 3.19. The SMILES string of the molecule is CCCCN1C(=O)c2ccc(C(=O)OCC(=O)Nc3cccc(C)c3)cc2C1=O. The van der Waals surface area contributed by atoms with Gasteiger partial charge in [-0.3, -0.25) is 19.3 Å². The van der Waals surface area contributed by atoms with Crippen molar-refractivity contribution >= 4 is 29.4 Å². The van der Waals surface area contributed by atoms with Crippen LogP contribution in [0.5, 0.6) is 0 Å². The predicted molar refractivity (Wildman–Crippen MR) is 107 cm³/mol. The van der Waals surface area contributed by atoms with Crippen LogP contribution in [-0.4, -0.2) is 41.7 Å². The van der Waals surface area contributed by atoms with Gasteiger partial charge in [-0.15, -0.1) is 0 Å². The molecule has 7 nitrogen and oxygen atoms in total. The Bertz CT molecular complexity index is 983. The minimum atomic E-state index is -0.737. The van der Waals surface area contributed by atoms with Gasteiger partial charge in [0.2, 0.25) is 0 Å². The van der Waals surface area contributed by atoms with E-state index < -0.39 is 24.4 Å². The van der Waals surface area contributed by atoms with Crippen molar-refractivity contribution in [3.8, 4) is 0 Å². The highest BCUT2D eigenvalue weighted by Gasteiger charge is 2.35. The summed E-state index contributed by atoms with van der Waals surface area (Å²) < 4.78 is 5.05. The Morgan fingerprint density at radius 2 is 1.79 bits per heavy atom. The van der Waals surface area contributed by atoms with Gasteiger partial charge in [0.05, 0.1) is 16.7 Å². The molecular weight excluding hydrogens is 372 g/mol. The van der Waals surface area contributed by atoms with Gasteiger partial charge in [0.15, 0.2) is 6.61 Å². The van der Waals surface area contributed by atoms with Gasteiger partial charge < -0.3 is 10.1 Å². The lowest BCUT2D eigenvalue weighted by Crippen LogP contribution is -2.30. The van der Waals surface area contributed by atoms with E-state index in [9.17, 15) is 19.2 Å². The molecule has 3 amide bonds. The number of carbonyl (C=O) groups is 4. The molecule has 1 aliphatic heterocycles. The Balaban J connectivity index is 1.63. The molecule has 1 aliphatic rings. The van der Waals surface area contributed by atoms with E-state index in [0.717, 1.165) is 18.4 Å². The fourth-order valence-corrected chi connectivity index (χ4v) is 3.07. The first-order valence-corrected chi connectivity index (χ1v) is 9.44. The number of rotatable bonds is 7. The van der Waals surface area contributed by atoms with E-state index >= 15 is 0 Å². The number of benzene rings is 2. The first-order chi connectivity index (χ1) is 13.9. The number of hydrogen-bond acceptors (Lipinski definition) is 5. The molecule has 0 aliphatic carbocycles. The highest BCUT2D eigenvalue weighted by atomic mass is 16.5. The van der Waals surface area contributed by atoms with Crippen molar-refractivity contribution in [1.29, 1.82) is 0 Å². The molecular formula is C22H22N2O5. The van der Waals surface area contributed by atoms with Crippen LogP contribution in [0, 0.1) is 6.92 Å². The van der Waals surface area contributed by atoms with Crippen LogP contribution in [0.25, 0.3) is 0 Å². The van der Waals surface area contributed by atoms with Gasteiger partial charge in [0.1, 0.15) is 0 Å². The maximum atomic E-state index is 12.5. The van der Waals surface area contributed by atoms with Gasteiger partial charge in [-0.25, -0.2) is 4.79 Å². The minimum absolute atomic E-state index is 0.116. The first kappa shape index (κ1) is 20.3. The molecule has 2 aromatic carbocycles. The Kier molecular flexibility index (Phi) is 6.07. The molecule has 0 fully saturated rings. The van der Waals surface area contributed by atoms with Crippen molar-refractivity contribution in [2.75, 3.05) is 18.5 Å². The third-order valence-electron chi connectivity index (χ3n) is 4.58. The summed E-state index contributed by atoms with van der Waals surface area (Å²) in [6.07, 6.45) is 1.58. The van der Waals surface area contributed by atoms with E-state index in [1.54, 1.807) is 12.1 Å². The Hall–Kier alpha value is -3.48. The van der Waals surface area contributed by atoms with Crippen LogP contribution in [0.1, 0.15) is 56.4 Å². The normalized spacial score (nSPS) is 12.7. The van der Waals surface area contributed by atoms with Crippen LogP contribution in [0.3, 0.4) is 0 Å². The number of aryl methyl sites for hydroxylation is 1. The number of carbonyl (C=O) groups excluding carboxylic acids is 4. The van der Waals surface area contributed by atoms with Gasteiger partial charge >= 0.3 is 5.97 Å². The minimum Gasteiger partial charge on any atom is -0.452 e. The number of unbranched alkanes of at least 4 members (excludes halogenated alkanes) is 1. The highest BCUT2D eigenvalue weighted by molar-refractivity contribution is 6.22. The molecule has 0 radical (unpaired) electrons. The number of hydrogen-bond donors (Lipinski definition) is 1. The average molecular weight is 394 g/mol. The van der Waals surface area contributed by atoms with Gasteiger partial charge in [-0.2, -0.15) is 0 Å². The molecule has 0 spiro atoms. The molecule has 0 saturated carbocycles. The fourth-order valence-electron chi connectivity index (χ4n) is 3.07. The van der Waals surface area contributed by atoms with E-state index in [4.69, 9.17) is 4.74 Å². The Labute approximate surface area is 168 Å². The van der Waals surface area contributed by atoms with Crippen molar-refractivity contribution in [2.24, 2.45) is 0 Å². The lowest BCUT2D eigenvalue weighted by Gasteiger charge is -2.12. The highest BCUT2D eigenvalue weighted by Crippen LogP contribution is 2.24. The van der Waals surface area contributed by atoms with Crippen molar-refractivity contribution in [3.63, 3.8) is 0 Å². The van der Waals surface area contributed by atoms with Crippen LogP contribution in [0.4, 0.5) is 5.69 Å². The summed E-state index contributed by atoms with van der Waals surface area (Å²) in [5.74, 6) is -1.97. The average Bonchev–Trinajstić information content (AvgIpc) is 2.94. The van der Waals surface area contributed by atoms with Crippen molar-refractivity contribution in [2.45, 2.75) is 26.7 Å². The number of nitrogens with one attached hydrogen (secondary N) is 1. The second-order valence-corrected chi connectivity index (χ2v) is 6.87. The zero-order chi connectivity index (χ0) is 21.0. The van der Waals surface area contributed by atoms with E-state index in [2.05, 4.69) is 5.32 Å². The Morgan fingerprint density at radius 1 is 1.03 bits per heavy atom. The van der Waals surface area contributed by atoms with Crippen LogP contribution in [-0.2, 0) is 9.53 Å². The van der Waals surface area contributed by atoms with E-state index in [1.165, 1.54) is 23.1 Å². The number of fused-ring (bicyclic) bond motifs is 1. The molecule has 1 N–H and O–H groups in total. The number of esters is 1. The number of imide groups is 1. The summed E-state index contributed by atoms with van der Waals surface area (Å²) in [5, 5.41) is 2.65. The number of amides is 3. The molecule has 150 valence electrons. The maximum absolute atomic E-state index is 12.5. The summed E-state index contributed by atoms with van der Waals surface area (Å²) in [4.78, 5) is 50.3. The van der Waals surface area contributed by atoms with Gasteiger partial charge in [-0.1, -0.05) is 25.5 Å². The molecule has 0 unspecified atom stereocenters. The first-order valence-electron chi connectivity index (χ1n) is 9.44. The summed E-state index contributed by atoms with van der Waals surface area (Å²) in [6.45, 7) is 3.77. The van der Waals surface area contributed by atoms with E-state index in [1.807, 2.05) is 26.0 Å². The molecule has 2 aromatic rings. The monoisotopic (exact) mass is 394 g/mol. The molecule has 0 atom stereocenters. The van der Waals surface area contributed by atoms with Crippen molar-refractivity contribution in [1.82, 2.24) is 4.90 Å². The summed E-state index contributed by atoms with van der Waals surface area (Å²) in [7, 11) is 0. The maximum Gasteiger partial charge on any atom is 0.338 e. The standard InChI is InChI=1S/C22H22N2O5/c1-3-4-10-24-20(26)17-9-8-15(12-18(17)21(24)27)22(28)29-13-19(25)23-16-7-5-6-14(2)11-16/h5-9,11-12H,3-4,10,13H2,1-2H3,(H,23,25). The quantitative estimate of drug-likeness (QED) is 0.575. The second kappa shape index (κ2) is 8.68. The second-order valence-electron chi connectivity index (χ2n) is 6.87. The summed E-state index contributed by atoms with van der Waals surface area (Å²) in [6, 6.07) is 11.5. The van der Waals surface area contributed by atoms with Crippen LogP contribution in [0.15, 0.2) is 42.5 Å². The van der Waals surface area contributed by atoms with E-state index in [0.29, 0.717) is 12.2 Å². The lowest BCUT2D eigenvalue weighted by atomic mass is 10.1. The van der Waals surface area contributed by atoms with E-state index in [-0.39, 0.29) is 22.6 Å². The molecule has 3 rings (SSSR count). The molecule has 0 aromatic heterocycles. The largest absolute Gasteiger partial charge is 0.452 e. The zero-order valence-corrected chi connectivity index (χ0v) is 16.4. The smallest absolute Gasteiger partial charge is 0.338 e. The van der Waals surface area contributed by atoms with Crippen molar-refractivity contribution < 1.29 is 23.9 Å². The lowest BCUT2D eigenvalue weighted by molar-refractivity contribution is -0.119. The third-order valence-corrected chi connectivity index (χ3v) is 4.58. The summed E-state index contributed by atoms with van der Waals surface area (Å²) in [5.41, 5.74) is 2.18. The van der Waals surface area contributed by atoms with Crippen LogP contribution in [0.2, 0.25) is 0 Å². The van der Waals surface area contributed by atoms with Crippen LogP contribution < -0.4 is 5.32 Å². The Morgan fingerprint density at radius 3 is 2.52 bits per heavy atom. The number of ether oxygens (including phenoxy) is 1. The fraction of sp³-hybridized carbons (Fsp3) is 0.273. The molecule has 7 heteroatoms. The number of anilines is 1. The van der Waals surface area contributed by atoms with Gasteiger partial charge in [-0.05, 0) is 49.2 Å². The van der Waals surface area contributed by atoms with Gasteiger partial charge in [0, 0.05) is 12.2 Å². The zero-order valence-electron chi connectivity index (χ0n) is 16.4. The molecule has 1 heterocycles. The third kappa shape index (κ3) is 4.51. The summed E-state index contributed by atoms with van der Waals surface area (Å²) >= 11 is 0. The number of nitrogens with zero attached hydrogens (tertiary/aromatic N) is 1. The molecule has 0 saturated heterocycles. The molecule has 0 bridgehead atoms. The topological polar surface area (TPSA) is 92.8 Å².